The van der Waals surface area contributed by atoms with E-state index in [0.29, 0.717) is 12.2 Å². The first kappa shape index (κ1) is 8.78. The molecule has 64 valence electrons. The molecule has 1 aromatic rings. The first-order chi connectivity index (χ1) is 5.77. The van der Waals surface area contributed by atoms with E-state index in [9.17, 15) is 0 Å². The molecular weight excluding hydrogens is 154 g/mol. The lowest BCUT2D eigenvalue weighted by atomic mass is 10.3. The molecule has 1 heterocycles. The van der Waals surface area contributed by atoms with Crippen LogP contribution in [0.4, 0.5) is 0 Å². The average molecular weight is 165 g/mol. The summed E-state index contributed by atoms with van der Waals surface area (Å²) in [6, 6.07) is 3.91. The molecule has 1 N–H and O–H groups in total. The highest BCUT2D eigenvalue weighted by atomic mass is 16.6. The number of nitrogens with zero attached hydrogens (tertiary/aromatic N) is 2. The Labute approximate surface area is 71.3 Å². The van der Waals surface area contributed by atoms with E-state index >= 15 is 0 Å². The van der Waals surface area contributed by atoms with E-state index in [0.717, 1.165) is 5.56 Å². The fourth-order valence-corrected chi connectivity index (χ4v) is 0.996. The van der Waals surface area contributed by atoms with Crippen LogP contribution in [-0.2, 0) is 18.4 Å². The van der Waals surface area contributed by atoms with Gasteiger partial charge in [0.05, 0.1) is 7.11 Å². The lowest BCUT2D eigenvalue weighted by Crippen LogP contribution is -2.09. The third kappa shape index (κ3) is 1.84. The van der Waals surface area contributed by atoms with Crippen LogP contribution in [0.25, 0.3) is 0 Å². The van der Waals surface area contributed by atoms with Gasteiger partial charge in [-0.1, -0.05) is 0 Å². The largest absolute Gasteiger partial charge is 0.342 e. The first-order valence-electron chi connectivity index (χ1n) is 3.59. The Morgan fingerprint density at radius 2 is 2.50 bits per heavy atom. The second-order valence-corrected chi connectivity index (χ2v) is 2.48. The molecule has 0 unspecified atom stereocenters. The van der Waals surface area contributed by atoms with Gasteiger partial charge in [0.2, 0.25) is 0 Å². The van der Waals surface area contributed by atoms with Crippen LogP contribution in [-0.4, -0.2) is 11.7 Å². The molecule has 0 aromatic carbocycles. The molecule has 1 rings (SSSR count). The van der Waals surface area contributed by atoms with Gasteiger partial charge in [-0.2, -0.15) is 10.7 Å². The van der Waals surface area contributed by atoms with E-state index in [-0.39, 0.29) is 0 Å². The van der Waals surface area contributed by atoms with Crippen molar-refractivity contribution in [2.24, 2.45) is 7.05 Å². The van der Waals surface area contributed by atoms with E-state index in [4.69, 9.17) is 5.26 Å². The zero-order valence-corrected chi connectivity index (χ0v) is 7.16. The van der Waals surface area contributed by atoms with Gasteiger partial charge >= 0.3 is 0 Å². The van der Waals surface area contributed by atoms with Crippen molar-refractivity contribution < 1.29 is 4.84 Å². The van der Waals surface area contributed by atoms with Gasteiger partial charge in [0.25, 0.3) is 0 Å². The third-order valence-electron chi connectivity index (χ3n) is 1.60. The van der Waals surface area contributed by atoms with Crippen molar-refractivity contribution >= 4 is 0 Å². The Kier molecular flexibility index (Phi) is 2.86. The second kappa shape index (κ2) is 3.90. The standard InChI is InChI=1S/C8H11N3O/c1-11-6-7(5-10-12-2)3-8(11)4-9/h3,6,10H,5H2,1-2H3. The number of hydrogen-bond donors (Lipinski definition) is 1. The molecule has 0 fully saturated rings. The van der Waals surface area contributed by atoms with Crippen LogP contribution in [0.1, 0.15) is 11.3 Å². The predicted molar refractivity (Wildman–Crippen MR) is 44.0 cm³/mol. The molecule has 0 spiro atoms. The summed E-state index contributed by atoms with van der Waals surface area (Å²) in [7, 11) is 3.41. The Morgan fingerprint density at radius 1 is 1.75 bits per heavy atom. The number of nitrogens with one attached hydrogen (secondary N) is 1. The van der Waals surface area contributed by atoms with Gasteiger partial charge in [-0.05, 0) is 11.6 Å². The minimum Gasteiger partial charge on any atom is -0.342 e. The van der Waals surface area contributed by atoms with E-state index in [2.05, 4.69) is 16.4 Å². The second-order valence-electron chi connectivity index (χ2n) is 2.48. The monoisotopic (exact) mass is 165 g/mol. The highest BCUT2D eigenvalue weighted by Crippen LogP contribution is 2.05. The molecule has 12 heavy (non-hydrogen) atoms. The summed E-state index contributed by atoms with van der Waals surface area (Å²) in [5.41, 5.74) is 4.40. The fourth-order valence-electron chi connectivity index (χ4n) is 0.996. The Hall–Kier alpha value is -1.31. The summed E-state index contributed by atoms with van der Waals surface area (Å²) in [6.07, 6.45) is 1.89. The number of nitriles is 1. The predicted octanol–water partition coefficient (Wildman–Crippen LogP) is 0.548. The summed E-state index contributed by atoms with van der Waals surface area (Å²) >= 11 is 0. The molecule has 4 heteroatoms. The molecule has 1 aromatic heterocycles. The van der Waals surface area contributed by atoms with Gasteiger partial charge in [-0.15, -0.1) is 0 Å². The van der Waals surface area contributed by atoms with Crippen LogP contribution in [0.5, 0.6) is 0 Å². The molecule has 0 aliphatic carbocycles. The molecule has 0 aliphatic rings. The van der Waals surface area contributed by atoms with Crippen molar-refractivity contribution in [1.82, 2.24) is 10.0 Å². The zero-order chi connectivity index (χ0) is 8.97. The van der Waals surface area contributed by atoms with Crippen LogP contribution < -0.4 is 5.48 Å². The van der Waals surface area contributed by atoms with Crippen LogP contribution in [0, 0.1) is 11.3 Å². The molecule has 0 saturated carbocycles. The van der Waals surface area contributed by atoms with E-state index in [1.165, 1.54) is 0 Å². The summed E-state index contributed by atoms with van der Waals surface area (Å²) in [5.74, 6) is 0. The van der Waals surface area contributed by atoms with Gasteiger partial charge in [0.1, 0.15) is 11.8 Å². The topological polar surface area (TPSA) is 50.0 Å². The minimum atomic E-state index is 0.617. The van der Waals surface area contributed by atoms with Gasteiger partial charge in [-0.25, -0.2) is 0 Å². The van der Waals surface area contributed by atoms with Crippen molar-refractivity contribution in [3.05, 3.63) is 23.5 Å². The van der Waals surface area contributed by atoms with Crippen LogP contribution >= 0.6 is 0 Å². The highest BCUT2D eigenvalue weighted by Gasteiger charge is 2.00. The summed E-state index contributed by atoms with van der Waals surface area (Å²) in [5, 5.41) is 8.63. The van der Waals surface area contributed by atoms with Gasteiger partial charge in [0, 0.05) is 19.8 Å². The van der Waals surface area contributed by atoms with Gasteiger partial charge in [0.15, 0.2) is 0 Å². The number of rotatable bonds is 3. The number of hydrogen-bond acceptors (Lipinski definition) is 3. The van der Waals surface area contributed by atoms with Gasteiger partial charge < -0.3 is 9.40 Å². The maximum atomic E-state index is 8.63. The highest BCUT2D eigenvalue weighted by molar-refractivity contribution is 5.28. The zero-order valence-electron chi connectivity index (χ0n) is 7.16. The smallest absolute Gasteiger partial charge is 0.120 e. The Morgan fingerprint density at radius 3 is 3.00 bits per heavy atom. The molecule has 0 amide bonds. The Bertz CT molecular complexity index is 298. The van der Waals surface area contributed by atoms with Gasteiger partial charge in [-0.3, -0.25) is 0 Å². The first-order valence-corrected chi connectivity index (χ1v) is 3.59. The SMILES string of the molecule is CONCc1cc(C#N)n(C)c1. The number of aromatic nitrogens is 1. The molecule has 0 aliphatic heterocycles. The summed E-state index contributed by atoms with van der Waals surface area (Å²) in [4.78, 5) is 4.69. The van der Waals surface area contributed by atoms with Crippen molar-refractivity contribution in [1.29, 1.82) is 5.26 Å². The quantitative estimate of drug-likeness (QED) is 0.665. The van der Waals surface area contributed by atoms with E-state index < -0.39 is 0 Å². The molecule has 4 nitrogen and oxygen atoms in total. The van der Waals surface area contributed by atoms with E-state index in [1.54, 1.807) is 11.7 Å². The average Bonchev–Trinajstić information content (AvgIpc) is 2.43. The van der Waals surface area contributed by atoms with Crippen LogP contribution in [0.2, 0.25) is 0 Å². The van der Waals surface area contributed by atoms with Crippen molar-refractivity contribution in [2.75, 3.05) is 7.11 Å². The Balaban J connectivity index is 2.70. The van der Waals surface area contributed by atoms with E-state index in [1.807, 2.05) is 19.3 Å². The number of hydroxylamine groups is 1. The van der Waals surface area contributed by atoms with Crippen LogP contribution in [0.15, 0.2) is 12.3 Å². The van der Waals surface area contributed by atoms with Crippen LogP contribution in [0.3, 0.4) is 0 Å². The molecular formula is C8H11N3O. The fraction of sp³-hybridized carbons (Fsp3) is 0.375. The van der Waals surface area contributed by atoms with Crippen molar-refractivity contribution in [3.63, 3.8) is 0 Å². The van der Waals surface area contributed by atoms with Crippen molar-refractivity contribution in [3.8, 4) is 6.07 Å². The lowest BCUT2D eigenvalue weighted by molar-refractivity contribution is 0.0867. The molecule has 0 radical (unpaired) electrons. The minimum absolute atomic E-state index is 0.617. The summed E-state index contributed by atoms with van der Waals surface area (Å²) in [6.45, 7) is 0.617. The van der Waals surface area contributed by atoms with Crippen molar-refractivity contribution in [2.45, 2.75) is 6.54 Å². The molecule has 0 bridgehead atoms. The summed E-state index contributed by atoms with van der Waals surface area (Å²) < 4.78 is 1.78. The molecule has 0 saturated heterocycles. The molecule has 0 atom stereocenters. The third-order valence-corrected chi connectivity index (χ3v) is 1.60. The number of aryl methyl sites for hydroxylation is 1. The lowest BCUT2D eigenvalue weighted by Gasteiger charge is -1.96. The normalized spacial score (nSPS) is 9.75. The maximum absolute atomic E-state index is 8.63. The maximum Gasteiger partial charge on any atom is 0.120 e.